The molecule has 0 saturated carbocycles. The van der Waals surface area contributed by atoms with Crippen molar-refractivity contribution in [2.75, 3.05) is 13.1 Å². The van der Waals surface area contributed by atoms with Crippen molar-refractivity contribution in [2.24, 2.45) is 5.73 Å². The summed E-state index contributed by atoms with van der Waals surface area (Å²) in [7, 11) is 0. The lowest BCUT2D eigenvalue weighted by Crippen LogP contribution is -2.54. The standard InChI is InChI=1S/C16H25N3/c1-15(2,3)19-9-6-16(7-10-19)12-5-4-8-18-13(12)11-14(16)17/h4-5,8,14H,6-7,9-11,17H2,1-3H3. The van der Waals surface area contributed by atoms with Crippen molar-refractivity contribution in [3.05, 3.63) is 29.6 Å². The monoisotopic (exact) mass is 259 g/mol. The fourth-order valence-electron chi connectivity index (χ4n) is 3.87. The SMILES string of the molecule is CC(C)(C)N1CCC2(CC1)c1cccnc1CC2N. The number of hydrogen-bond donors (Lipinski definition) is 1. The smallest absolute Gasteiger partial charge is 0.0457 e. The predicted molar refractivity (Wildman–Crippen MR) is 78.2 cm³/mol. The second kappa shape index (κ2) is 4.29. The number of rotatable bonds is 0. The molecule has 2 N–H and O–H groups in total. The molecule has 0 bridgehead atoms. The van der Waals surface area contributed by atoms with Gasteiger partial charge >= 0.3 is 0 Å². The third kappa shape index (κ3) is 2.00. The Labute approximate surface area is 116 Å². The molecule has 2 heterocycles. The van der Waals surface area contributed by atoms with E-state index in [-0.39, 0.29) is 17.0 Å². The van der Waals surface area contributed by atoms with Gasteiger partial charge in [-0.3, -0.25) is 9.88 Å². The third-order valence-electron chi connectivity index (χ3n) is 5.15. The highest BCUT2D eigenvalue weighted by molar-refractivity contribution is 5.39. The van der Waals surface area contributed by atoms with E-state index in [0.29, 0.717) is 0 Å². The molecule has 0 aromatic carbocycles. The van der Waals surface area contributed by atoms with Crippen molar-refractivity contribution < 1.29 is 0 Å². The average molecular weight is 259 g/mol. The van der Waals surface area contributed by atoms with Gasteiger partial charge < -0.3 is 5.73 Å². The molecule has 3 heteroatoms. The summed E-state index contributed by atoms with van der Waals surface area (Å²) in [6.07, 6.45) is 5.19. The van der Waals surface area contributed by atoms with Gasteiger partial charge in [0.05, 0.1) is 0 Å². The van der Waals surface area contributed by atoms with E-state index < -0.39 is 0 Å². The van der Waals surface area contributed by atoms with Crippen LogP contribution >= 0.6 is 0 Å². The molecule has 2 aliphatic rings. The number of piperidine rings is 1. The molecule has 1 fully saturated rings. The van der Waals surface area contributed by atoms with Crippen LogP contribution in [0.1, 0.15) is 44.9 Å². The van der Waals surface area contributed by atoms with Gasteiger partial charge in [0.15, 0.2) is 0 Å². The highest BCUT2D eigenvalue weighted by atomic mass is 15.2. The van der Waals surface area contributed by atoms with Crippen LogP contribution in [0.5, 0.6) is 0 Å². The number of hydrogen-bond acceptors (Lipinski definition) is 3. The molecule has 19 heavy (non-hydrogen) atoms. The molecule has 1 aliphatic heterocycles. The van der Waals surface area contributed by atoms with Crippen LogP contribution in [-0.4, -0.2) is 34.6 Å². The van der Waals surface area contributed by atoms with Gasteiger partial charge in [-0.15, -0.1) is 0 Å². The highest BCUT2D eigenvalue weighted by Crippen LogP contribution is 2.45. The summed E-state index contributed by atoms with van der Waals surface area (Å²) < 4.78 is 0. The van der Waals surface area contributed by atoms with Crippen LogP contribution in [0.25, 0.3) is 0 Å². The Bertz CT molecular complexity index is 467. The van der Waals surface area contributed by atoms with Crippen LogP contribution < -0.4 is 5.73 Å². The topological polar surface area (TPSA) is 42.2 Å². The molecule has 1 unspecified atom stereocenters. The number of nitrogens with two attached hydrogens (primary N) is 1. The van der Waals surface area contributed by atoms with E-state index >= 15 is 0 Å². The van der Waals surface area contributed by atoms with Gasteiger partial charge in [-0.1, -0.05) is 6.07 Å². The molecular formula is C16H25N3. The normalized spacial score (nSPS) is 26.6. The van der Waals surface area contributed by atoms with Gasteiger partial charge in [0.2, 0.25) is 0 Å². The minimum atomic E-state index is 0.186. The maximum atomic E-state index is 6.49. The third-order valence-corrected chi connectivity index (χ3v) is 5.15. The zero-order valence-corrected chi connectivity index (χ0v) is 12.3. The van der Waals surface area contributed by atoms with E-state index in [2.05, 4.69) is 42.8 Å². The zero-order chi connectivity index (χ0) is 13.7. The summed E-state index contributed by atoms with van der Waals surface area (Å²) in [4.78, 5) is 7.12. The van der Waals surface area contributed by atoms with E-state index in [1.165, 1.54) is 24.1 Å². The number of fused-ring (bicyclic) bond motifs is 2. The van der Waals surface area contributed by atoms with Gasteiger partial charge in [-0.2, -0.15) is 0 Å². The van der Waals surface area contributed by atoms with Gasteiger partial charge in [0.1, 0.15) is 0 Å². The molecule has 3 rings (SSSR count). The van der Waals surface area contributed by atoms with Gasteiger partial charge in [0, 0.05) is 35.3 Å². The molecule has 0 radical (unpaired) electrons. The Morgan fingerprint density at radius 1 is 1.32 bits per heavy atom. The van der Waals surface area contributed by atoms with Gasteiger partial charge in [-0.05, 0) is 58.3 Å². The summed E-state index contributed by atoms with van der Waals surface area (Å²) in [5.74, 6) is 0. The second-order valence-corrected chi connectivity index (χ2v) is 7.12. The van der Waals surface area contributed by atoms with Crippen LogP contribution in [0.3, 0.4) is 0 Å². The first kappa shape index (κ1) is 13.1. The summed E-state index contributed by atoms with van der Waals surface area (Å²) >= 11 is 0. The summed E-state index contributed by atoms with van der Waals surface area (Å²) in [6.45, 7) is 9.19. The summed E-state index contributed by atoms with van der Waals surface area (Å²) in [5.41, 5.74) is 9.60. The van der Waals surface area contributed by atoms with Gasteiger partial charge in [0.25, 0.3) is 0 Å². The Balaban J connectivity index is 1.87. The number of nitrogens with zero attached hydrogens (tertiary/aromatic N) is 2. The molecule has 1 aromatic heterocycles. The molecule has 1 saturated heterocycles. The lowest BCUT2D eigenvalue weighted by molar-refractivity contribution is 0.0689. The number of likely N-dealkylation sites (tertiary alicyclic amines) is 1. The first-order valence-corrected chi connectivity index (χ1v) is 7.38. The molecule has 1 spiro atoms. The fourth-order valence-corrected chi connectivity index (χ4v) is 3.87. The van der Waals surface area contributed by atoms with Crippen LogP contribution in [0, 0.1) is 0 Å². The lowest BCUT2D eigenvalue weighted by Gasteiger charge is -2.47. The zero-order valence-electron chi connectivity index (χ0n) is 12.3. The number of pyridine rings is 1. The number of aromatic nitrogens is 1. The largest absolute Gasteiger partial charge is 0.327 e. The summed E-state index contributed by atoms with van der Waals surface area (Å²) in [6, 6.07) is 4.57. The molecular weight excluding hydrogens is 234 g/mol. The maximum Gasteiger partial charge on any atom is 0.0457 e. The lowest BCUT2D eigenvalue weighted by atomic mass is 9.71. The summed E-state index contributed by atoms with van der Waals surface area (Å²) in [5, 5.41) is 0. The van der Waals surface area contributed by atoms with Crippen LogP contribution in [-0.2, 0) is 11.8 Å². The van der Waals surface area contributed by atoms with Crippen molar-refractivity contribution in [3.63, 3.8) is 0 Å². The van der Waals surface area contributed by atoms with E-state index in [1.807, 2.05) is 6.20 Å². The van der Waals surface area contributed by atoms with E-state index in [9.17, 15) is 0 Å². The minimum absolute atomic E-state index is 0.186. The molecule has 1 aromatic rings. The first-order chi connectivity index (χ1) is 8.93. The van der Waals surface area contributed by atoms with Crippen molar-refractivity contribution in [3.8, 4) is 0 Å². The molecule has 0 amide bonds. The van der Waals surface area contributed by atoms with Gasteiger partial charge in [-0.25, -0.2) is 0 Å². The predicted octanol–water partition coefficient (Wildman–Crippen LogP) is 2.10. The molecule has 104 valence electrons. The maximum absolute atomic E-state index is 6.49. The Morgan fingerprint density at radius 2 is 2.00 bits per heavy atom. The Hall–Kier alpha value is -0.930. The van der Waals surface area contributed by atoms with Crippen LogP contribution in [0.4, 0.5) is 0 Å². The average Bonchev–Trinajstić information content (AvgIpc) is 2.63. The highest BCUT2D eigenvalue weighted by Gasteiger charge is 2.48. The van der Waals surface area contributed by atoms with Crippen molar-refractivity contribution in [1.82, 2.24) is 9.88 Å². The Morgan fingerprint density at radius 3 is 2.63 bits per heavy atom. The van der Waals surface area contributed by atoms with Crippen LogP contribution in [0.2, 0.25) is 0 Å². The van der Waals surface area contributed by atoms with Crippen LogP contribution in [0.15, 0.2) is 18.3 Å². The van der Waals surface area contributed by atoms with Crippen molar-refractivity contribution in [1.29, 1.82) is 0 Å². The van der Waals surface area contributed by atoms with E-state index in [0.717, 1.165) is 19.5 Å². The minimum Gasteiger partial charge on any atom is -0.327 e. The van der Waals surface area contributed by atoms with E-state index in [1.54, 1.807) is 0 Å². The quantitative estimate of drug-likeness (QED) is 0.776. The molecule has 1 atom stereocenters. The van der Waals surface area contributed by atoms with Crippen molar-refractivity contribution >= 4 is 0 Å². The fraction of sp³-hybridized carbons (Fsp3) is 0.688. The van der Waals surface area contributed by atoms with Crippen molar-refractivity contribution in [2.45, 2.75) is 57.0 Å². The first-order valence-electron chi connectivity index (χ1n) is 7.38. The molecule has 3 nitrogen and oxygen atoms in total. The Kier molecular flexibility index (Phi) is 2.95. The van der Waals surface area contributed by atoms with E-state index in [4.69, 9.17) is 5.73 Å². The second-order valence-electron chi connectivity index (χ2n) is 7.12. The molecule has 1 aliphatic carbocycles.